The van der Waals surface area contributed by atoms with Crippen molar-refractivity contribution in [3.63, 3.8) is 0 Å². The van der Waals surface area contributed by atoms with E-state index >= 15 is 0 Å². The Labute approximate surface area is 293 Å². The molecule has 0 unspecified atom stereocenters. The van der Waals surface area contributed by atoms with Gasteiger partial charge in [0.15, 0.2) is 17.3 Å². The van der Waals surface area contributed by atoms with Crippen molar-refractivity contribution in [3.05, 3.63) is 197 Å². The number of ether oxygens (including phenoxy) is 3. The van der Waals surface area contributed by atoms with E-state index in [1.54, 1.807) is 5.38 Å². The van der Waals surface area contributed by atoms with Gasteiger partial charge in [0, 0.05) is 11.5 Å². The minimum Gasteiger partial charge on any atom is -0.449 e. The maximum absolute atomic E-state index is 14.1. The molecule has 6 aromatic rings. The third-order valence-electron chi connectivity index (χ3n) is 7.55. The van der Waals surface area contributed by atoms with E-state index in [1.807, 2.05) is 152 Å². The fraction of sp³-hybridized carbons (Fsp3) is 0.0732. The first-order valence-corrected chi connectivity index (χ1v) is 16.7. The third-order valence-corrected chi connectivity index (χ3v) is 8.31. The summed E-state index contributed by atoms with van der Waals surface area (Å²) in [4.78, 5) is 44.8. The monoisotopic (exact) mass is 680 g/mol. The average molecular weight is 681 g/mol. The van der Waals surface area contributed by atoms with Crippen LogP contribution in [-0.4, -0.2) is 23.0 Å². The van der Waals surface area contributed by atoms with E-state index in [9.17, 15) is 14.4 Å². The Morgan fingerprint density at radius 3 is 1.54 bits per heavy atom. The lowest BCUT2D eigenvalue weighted by molar-refractivity contribution is -0.143. The lowest BCUT2D eigenvalue weighted by Crippen LogP contribution is -2.17. The molecular formula is C41H32N2O6S. The molecule has 50 heavy (non-hydrogen) atoms. The zero-order chi connectivity index (χ0) is 34.5. The molecule has 1 aromatic heterocycles. The Balaban J connectivity index is 1.29. The van der Waals surface area contributed by atoms with Crippen LogP contribution in [0.2, 0.25) is 0 Å². The maximum atomic E-state index is 14.1. The number of amides is 1. The molecule has 0 fully saturated rings. The number of hydrogen-bond donors (Lipinski definition) is 1. The molecule has 0 aliphatic rings. The number of esters is 2. The SMILES string of the molecule is O=C(C=C(C(=O)OC(c1ccccc1)c1ccccc1)c1csc(NC(=O)OCc2ccccc2)n1)OC(c1ccccc1)c1ccccc1. The number of aromatic nitrogens is 1. The van der Waals surface area contributed by atoms with Crippen molar-refractivity contribution in [1.82, 2.24) is 4.98 Å². The molecule has 1 N–H and O–H groups in total. The highest BCUT2D eigenvalue weighted by Crippen LogP contribution is 2.31. The molecule has 6 rings (SSSR count). The number of benzene rings is 5. The molecule has 1 amide bonds. The van der Waals surface area contributed by atoms with Gasteiger partial charge in [-0.05, 0) is 27.8 Å². The van der Waals surface area contributed by atoms with Crippen LogP contribution < -0.4 is 5.32 Å². The Kier molecular flexibility index (Phi) is 11.2. The van der Waals surface area contributed by atoms with Crippen LogP contribution >= 0.6 is 11.3 Å². The van der Waals surface area contributed by atoms with Crippen LogP contribution in [0.4, 0.5) is 9.93 Å². The number of rotatable bonds is 12. The summed E-state index contributed by atoms with van der Waals surface area (Å²) < 4.78 is 17.5. The van der Waals surface area contributed by atoms with Crippen LogP contribution in [0.15, 0.2) is 163 Å². The van der Waals surface area contributed by atoms with Gasteiger partial charge in [-0.2, -0.15) is 0 Å². The molecule has 0 saturated carbocycles. The Hall–Kier alpha value is -6.32. The second-order valence-corrected chi connectivity index (χ2v) is 11.9. The zero-order valence-electron chi connectivity index (χ0n) is 26.8. The van der Waals surface area contributed by atoms with Gasteiger partial charge < -0.3 is 14.2 Å². The van der Waals surface area contributed by atoms with Gasteiger partial charge in [-0.1, -0.05) is 152 Å². The average Bonchev–Trinajstić information content (AvgIpc) is 3.63. The van der Waals surface area contributed by atoms with Crippen LogP contribution in [0.5, 0.6) is 0 Å². The van der Waals surface area contributed by atoms with Crippen molar-refractivity contribution in [3.8, 4) is 0 Å². The highest BCUT2D eigenvalue weighted by atomic mass is 32.1. The van der Waals surface area contributed by atoms with Gasteiger partial charge in [0.2, 0.25) is 0 Å². The molecule has 0 saturated heterocycles. The van der Waals surface area contributed by atoms with E-state index in [-0.39, 0.29) is 23.0 Å². The quantitative estimate of drug-likeness (QED) is 0.0782. The van der Waals surface area contributed by atoms with Gasteiger partial charge in [0.25, 0.3) is 0 Å². The van der Waals surface area contributed by atoms with Gasteiger partial charge in [-0.15, -0.1) is 11.3 Å². The summed E-state index contributed by atoms with van der Waals surface area (Å²) in [5, 5.41) is 4.32. The lowest BCUT2D eigenvalue weighted by Gasteiger charge is -2.20. The van der Waals surface area contributed by atoms with E-state index in [0.29, 0.717) is 0 Å². The van der Waals surface area contributed by atoms with Crippen molar-refractivity contribution in [2.75, 3.05) is 5.32 Å². The molecule has 0 radical (unpaired) electrons. The number of carbonyl (C=O) groups excluding carboxylic acids is 3. The predicted molar refractivity (Wildman–Crippen MR) is 192 cm³/mol. The number of nitrogens with one attached hydrogen (secondary N) is 1. The zero-order valence-corrected chi connectivity index (χ0v) is 27.6. The molecule has 0 bridgehead atoms. The molecular weight excluding hydrogens is 649 g/mol. The van der Waals surface area contributed by atoms with Gasteiger partial charge in [0.05, 0.1) is 11.3 Å². The minimum atomic E-state index is -0.806. The molecule has 0 atom stereocenters. The number of carbonyl (C=O) groups is 3. The van der Waals surface area contributed by atoms with Crippen molar-refractivity contribution in [2.45, 2.75) is 18.8 Å². The highest BCUT2D eigenvalue weighted by Gasteiger charge is 2.27. The number of anilines is 1. The summed E-state index contributed by atoms with van der Waals surface area (Å²) in [6.45, 7) is 0.0680. The number of nitrogens with zero attached hydrogens (tertiary/aromatic N) is 1. The molecule has 1 heterocycles. The fourth-order valence-electron chi connectivity index (χ4n) is 5.15. The Morgan fingerprint density at radius 1 is 0.620 bits per heavy atom. The molecule has 0 spiro atoms. The first-order chi connectivity index (χ1) is 24.5. The summed E-state index contributed by atoms with van der Waals surface area (Å²) >= 11 is 1.07. The van der Waals surface area contributed by atoms with Crippen molar-refractivity contribution >= 4 is 40.1 Å². The maximum Gasteiger partial charge on any atom is 0.413 e. The van der Waals surface area contributed by atoms with Crippen LogP contribution in [0.1, 0.15) is 45.7 Å². The fourth-order valence-corrected chi connectivity index (χ4v) is 5.84. The summed E-state index contributed by atoms with van der Waals surface area (Å²) in [6.07, 6.45) is -1.16. The Morgan fingerprint density at radius 2 is 1.06 bits per heavy atom. The first-order valence-electron chi connectivity index (χ1n) is 15.8. The predicted octanol–water partition coefficient (Wildman–Crippen LogP) is 8.94. The molecule has 8 nitrogen and oxygen atoms in total. The van der Waals surface area contributed by atoms with Crippen LogP contribution in [-0.2, 0) is 30.4 Å². The van der Waals surface area contributed by atoms with Gasteiger partial charge in [0.1, 0.15) is 6.61 Å². The van der Waals surface area contributed by atoms with E-state index < -0.39 is 30.2 Å². The standard InChI is InChI=1S/C41H32N2O6S/c44-36(48-37(30-18-8-2-9-19-30)31-20-10-3-11-21-31)26-34(35-28-50-40(42-35)43-41(46)47-27-29-16-6-1-7-17-29)39(45)49-38(32-22-12-4-13-23-32)33-24-14-5-15-25-33/h1-26,28,37-38H,27H2,(H,42,43,46). The van der Waals surface area contributed by atoms with Gasteiger partial charge in [-0.25, -0.2) is 19.4 Å². The van der Waals surface area contributed by atoms with E-state index in [1.165, 1.54) is 0 Å². The topological polar surface area (TPSA) is 104 Å². The minimum absolute atomic E-state index is 0.0680. The third kappa shape index (κ3) is 8.97. The van der Waals surface area contributed by atoms with Crippen molar-refractivity contribution < 1.29 is 28.6 Å². The lowest BCUT2D eigenvalue weighted by atomic mass is 10.0. The molecule has 0 aliphatic heterocycles. The summed E-state index contributed by atoms with van der Waals surface area (Å²) in [7, 11) is 0. The number of hydrogen-bond acceptors (Lipinski definition) is 8. The van der Waals surface area contributed by atoms with Crippen molar-refractivity contribution in [1.29, 1.82) is 0 Å². The summed E-state index contributed by atoms with van der Waals surface area (Å²) in [6, 6.07) is 46.5. The second-order valence-electron chi connectivity index (χ2n) is 11.0. The molecule has 248 valence electrons. The highest BCUT2D eigenvalue weighted by molar-refractivity contribution is 7.14. The second kappa shape index (κ2) is 16.7. The van der Waals surface area contributed by atoms with Gasteiger partial charge >= 0.3 is 18.0 Å². The number of thiazole rings is 1. The first kappa shape index (κ1) is 33.6. The van der Waals surface area contributed by atoms with E-state index in [4.69, 9.17) is 14.2 Å². The van der Waals surface area contributed by atoms with Gasteiger partial charge in [-0.3, -0.25) is 5.32 Å². The van der Waals surface area contributed by atoms with Crippen LogP contribution in [0.25, 0.3) is 5.57 Å². The largest absolute Gasteiger partial charge is 0.449 e. The normalized spacial score (nSPS) is 11.2. The van der Waals surface area contributed by atoms with Crippen molar-refractivity contribution in [2.24, 2.45) is 0 Å². The summed E-state index contributed by atoms with van der Waals surface area (Å²) in [5.74, 6) is -1.59. The van der Waals surface area contributed by atoms with Crippen LogP contribution in [0, 0.1) is 0 Å². The Bertz CT molecular complexity index is 1960. The molecule has 9 heteroatoms. The van der Waals surface area contributed by atoms with Crippen LogP contribution in [0.3, 0.4) is 0 Å². The molecule has 5 aromatic carbocycles. The van der Waals surface area contributed by atoms with E-state index in [2.05, 4.69) is 10.3 Å². The smallest absolute Gasteiger partial charge is 0.413 e. The van der Waals surface area contributed by atoms with E-state index in [0.717, 1.165) is 45.2 Å². The summed E-state index contributed by atoms with van der Waals surface area (Å²) in [5.41, 5.74) is 3.79. The molecule has 0 aliphatic carbocycles.